The molecule has 6 nitrogen and oxygen atoms in total. The molecular formula is C18H13F3N2O4. The Morgan fingerprint density at radius 3 is 2.44 bits per heavy atom. The van der Waals surface area contributed by atoms with Crippen LogP contribution in [0.4, 0.5) is 13.2 Å². The van der Waals surface area contributed by atoms with E-state index in [9.17, 15) is 18.3 Å². The lowest BCUT2D eigenvalue weighted by Gasteiger charge is -2.08. The fourth-order valence-electron chi connectivity index (χ4n) is 2.18. The average Bonchev–Trinajstić information content (AvgIpc) is 3.09. The number of nitrogens with zero attached hydrogens (tertiary/aromatic N) is 2. The fourth-order valence-corrected chi connectivity index (χ4v) is 2.18. The molecule has 0 aliphatic carbocycles. The van der Waals surface area contributed by atoms with Crippen molar-refractivity contribution < 1.29 is 32.2 Å². The summed E-state index contributed by atoms with van der Waals surface area (Å²) in [6, 6.07) is 9.87. The van der Waals surface area contributed by atoms with Crippen molar-refractivity contribution in [2.24, 2.45) is 0 Å². The molecule has 140 valence electrons. The second-order valence-corrected chi connectivity index (χ2v) is 5.28. The highest BCUT2D eigenvalue weighted by Crippen LogP contribution is 2.28. The molecule has 0 amide bonds. The molecule has 0 saturated carbocycles. The number of methoxy groups -OCH3 is 1. The zero-order valence-corrected chi connectivity index (χ0v) is 13.9. The lowest BCUT2D eigenvalue weighted by Crippen LogP contribution is -2.16. The predicted molar refractivity (Wildman–Crippen MR) is 90.0 cm³/mol. The molecule has 0 aliphatic rings. The Kier molecular flexibility index (Phi) is 5.02. The van der Waals surface area contributed by atoms with E-state index in [2.05, 4.69) is 14.9 Å². The third kappa shape index (κ3) is 4.78. The summed E-state index contributed by atoms with van der Waals surface area (Å²) in [7, 11) is 1.44. The number of aromatic nitrogens is 2. The molecule has 1 heterocycles. The summed E-state index contributed by atoms with van der Waals surface area (Å²) < 4.78 is 50.8. The van der Waals surface area contributed by atoms with E-state index in [0.29, 0.717) is 11.3 Å². The first kappa shape index (κ1) is 18.3. The van der Waals surface area contributed by atoms with Crippen LogP contribution in [-0.4, -0.2) is 28.8 Å². The first-order chi connectivity index (χ1) is 12.8. The fraction of sp³-hybridized carbons (Fsp3) is 0.111. The number of benzene rings is 2. The Bertz CT molecular complexity index is 950. The van der Waals surface area contributed by atoms with Crippen LogP contribution in [0.15, 0.2) is 46.9 Å². The van der Waals surface area contributed by atoms with Crippen molar-refractivity contribution in [2.45, 2.75) is 6.36 Å². The smallest absolute Gasteiger partial charge is 0.504 e. The van der Waals surface area contributed by atoms with Crippen molar-refractivity contribution in [3.05, 3.63) is 53.9 Å². The lowest BCUT2D eigenvalue weighted by atomic mass is 10.2. The highest BCUT2D eigenvalue weighted by Gasteiger charge is 2.31. The van der Waals surface area contributed by atoms with Gasteiger partial charge in [-0.3, -0.25) is 0 Å². The number of alkyl halides is 3. The van der Waals surface area contributed by atoms with Gasteiger partial charge in [0.05, 0.1) is 7.11 Å². The van der Waals surface area contributed by atoms with Crippen LogP contribution in [0.2, 0.25) is 0 Å². The number of ether oxygens (including phenoxy) is 2. The summed E-state index contributed by atoms with van der Waals surface area (Å²) in [5.41, 5.74) is 1.18. The number of hydrogen-bond acceptors (Lipinski definition) is 6. The van der Waals surface area contributed by atoms with E-state index in [-0.39, 0.29) is 23.3 Å². The van der Waals surface area contributed by atoms with Gasteiger partial charge in [-0.05, 0) is 48.0 Å². The van der Waals surface area contributed by atoms with Gasteiger partial charge in [0.1, 0.15) is 5.75 Å². The summed E-state index contributed by atoms with van der Waals surface area (Å²) in [5, 5.41) is 17.3. The maximum Gasteiger partial charge on any atom is 0.573 e. The Labute approximate surface area is 151 Å². The number of phenolic OH excluding ortho intramolecular Hbond substituents is 1. The van der Waals surface area contributed by atoms with Crippen molar-refractivity contribution in [1.29, 1.82) is 0 Å². The minimum absolute atomic E-state index is 0.0210. The monoisotopic (exact) mass is 378 g/mol. The van der Waals surface area contributed by atoms with Gasteiger partial charge < -0.3 is 19.0 Å². The quantitative estimate of drug-likeness (QED) is 0.703. The van der Waals surface area contributed by atoms with E-state index in [4.69, 9.17) is 9.15 Å². The van der Waals surface area contributed by atoms with E-state index in [1.165, 1.54) is 25.3 Å². The van der Waals surface area contributed by atoms with Crippen LogP contribution in [0.25, 0.3) is 23.6 Å². The summed E-state index contributed by atoms with van der Waals surface area (Å²) in [6.07, 6.45) is -1.51. The molecule has 0 atom stereocenters. The summed E-state index contributed by atoms with van der Waals surface area (Å²) in [6.45, 7) is 0. The number of aromatic hydroxyl groups is 1. The molecule has 3 aromatic rings. The van der Waals surface area contributed by atoms with Gasteiger partial charge in [-0.25, -0.2) is 0 Å². The SMILES string of the molecule is COc1cc(/C=C/c2nnc(-c3ccc(OC(F)(F)F)cc3)o2)ccc1O. The standard InChI is InChI=1S/C18H13F3N2O4/c1-25-15-10-11(2-8-14(15)24)3-9-16-22-23-17(26-16)12-4-6-13(7-5-12)27-18(19,20)21/h2-10,24H,1H3/b9-3+. The van der Waals surface area contributed by atoms with Gasteiger partial charge in [-0.15, -0.1) is 23.4 Å². The van der Waals surface area contributed by atoms with E-state index in [0.717, 1.165) is 17.7 Å². The van der Waals surface area contributed by atoms with Crippen molar-refractivity contribution in [1.82, 2.24) is 10.2 Å². The highest BCUT2D eigenvalue weighted by molar-refractivity contribution is 5.68. The van der Waals surface area contributed by atoms with Gasteiger partial charge in [0, 0.05) is 11.6 Å². The van der Waals surface area contributed by atoms with E-state index in [1.54, 1.807) is 24.3 Å². The Morgan fingerprint density at radius 1 is 1.04 bits per heavy atom. The number of halogens is 3. The van der Waals surface area contributed by atoms with Gasteiger partial charge in [0.15, 0.2) is 11.5 Å². The predicted octanol–water partition coefficient (Wildman–Crippen LogP) is 4.52. The third-order valence-corrected chi connectivity index (χ3v) is 3.40. The molecule has 0 aliphatic heterocycles. The molecule has 27 heavy (non-hydrogen) atoms. The third-order valence-electron chi connectivity index (χ3n) is 3.40. The van der Waals surface area contributed by atoms with Gasteiger partial charge in [0.25, 0.3) is 0 Å². The Morgan fingerprint density at radius 2 is 1.78 bits per heavy atom. The molecule has 3 rings (SSSR count). The van der Waals surface area contributed by atoms with Crippen molar-refractivity contribution >= 4 is 12.2 Å². The zero-order chi connectivity index (χ0) is 19.4. The minimum atomic E-state index is -4.75. The minimum Gasteiger partial charge on any atom is -0.504 e. The van der Waals surface area contributed by atoms with Crippen LogP contribution < -0.4 is 9.47 Å². The largest absolute Gasteiger partial charge is 0.573 e. The molecule has 0 radical (unpaired) electrons. The molecule has 0 saturated heterocycles. The van der Waals surface area contributed by atoms with Gasteiger partial charge in [0.2, 0.25) is 11.8 Å². The van der Waals surface area contributed by atoms with Gasteiger partial charge >= 0.3 is 6.36 Å². The van der Waals surface area contributed by atoms with Gasteiger partial charge in [-0.1, -0.05) is 6.07 Å². The molecule has 1 N–H and O–H groups in total. The normalized spacial score (nSPS) is 11.7. The van der Waals surface area contributed by atoms with Crippen molar-refractivity contribution in [3.63, 3.8) is 0 Å². The van der Waals surface area contributed by atoms with E-state index in [1.807, 2.05) is 0 Å². The maximum absolute atomic E-state index is 12.2. The lowest BCUT2D eigenvalue weighted by molar-refractivity contribution is -0.274. The maximum atomic E-state index is 12.2. The second-order valence-electron chi connectivity index (χ2n) is 5.28. The molecule has 0 unspecified atom stereocenters. The van der Waals surface area contributed by atoms with Crippen molar-refractivity contribution in [2.75, 3.05) is 7.11 Å². The van der Waals surface area contributed by atoms with E-state index >= 15 is 0 Å². The Hall–Kier alpha value is -3.49. The van der Waals surface area contributed by atoms with Crippen LogP contribution >= 0.6 is 0 Å². The number of rotatable bonds is 5. The van der Waals surface area contributed by atoms with Crippen LogP contribution in [0.5, 0.6) is 17.2 Å². The average molecular weight is 378 g/mol. The summed E-state index contributed by atoms with van der Waals surface area (Å²) in [4.78, 5) is 0. The number of phenols is 1. The molecule has 9 heteroatoms. The van der Waals surface area contributed by atoms with Crippen LogP contribution in [-0.2, 0) is 0 Å². The van der Waals surface area contributed by atoms with Crippen LogP contribution in [0.1, 0.15) is 11.5 Å². The van der Waals surface area contributed by atoms with Gasteiger partial charge in [-0.2, -0.15) is 0 Å². The Balaban J connectivity index is 1.73. The van der Waals surface area contributed by atoms with Crippen LogP contribution in [0, 0.1) is 0 Å². The molecule has 0 bridgehead atoms. The molecule has 1 aromatic heterocycles. The molecule has 0 fully saturated rings. The topological polar surface area (TPSA) is 77.6 Å². The molecular weight excluding hydrogens is 365 g/mol. The first-order valence-corrected chi connectivity index (χ1v) is 7.59. The zero-order valence-electron chi connectivity index (χ0n) is 13.9. The summed E-state index contributed by atoms with van der Waals surface area (Å²) >= 11 is 0. The van der Waals surface area contributed by atoms with Crippen LogP contribution in [0.3, 0.4) is 0 Å². The first-order valence-electron chi connectivity index (χ1n) is 7.59. The molecule has 2 aromatic carbocycles. The summed E-state index contributed by atoms with van der Waals surface area (Å²) in [5.74, 6) is 0.355. The van der Waals surface area contributed by atoms with Crippen molar-refractivity contribution in [3.8, 4) is 28.7 Å². The molecule has 0 spiro atoms. The second kappa shape index (κ2) is 7.40. The van der Waals surface area contributed by atoms with E-state index < -0.39 is 6.36 Å². The highest BCUT2D eigenvalue weighted by atomic mass is 19.4. The number of hydrogen-bond donors (Lipinski definition) is 1.